The molecule has 0 aliphatic rings. The summed E-state index contributed by atoms with van der Waals surface area (Å²) in [6.07, 6.45) is 1.44. The van der Waals surface area contributed by atoms with Crippen LogP contribution in [0.1, 0.15) is 18.9 Å². The van der Waals surface area contributed by atoms with Crippen molar-refractivity contribution in [3.63, 3.8) is 0 Å². The standard InChI is InChI=1S/C11H11F/c1-2-3-4-7-10-8-5-6-9-11(10)12/h5-6,8-9H,4,7H2,1H3. The number of rotatable bonds is 2. The van der Waals surface area contributed by atoms with Gasteiger partial charge in [-0.15, -0.1) is 11.8 Å². The lowest BCUT2D eigenvalue weighted by molar-refractivity contribution is 0.610. The molecule has 0 saturated carbocycles. The van der Waals surface area contributed by atoms with Gasteiger partial charge in [-0.3, -0.25) is 0 Å². The molecule has 0 amide bonds. The molecular formula is C11H11F. The minimum absolute atomic E-state index is 0.129. The molecule has 0 atom stereocenters. The van der Waals surface area contributed by atoms with Crippen molar-refractivity contribution in [2.24, 2.45) is 0 Å². The largest absolute Gasteiger partial charge is 0.207 e. The highest BCUT2D eigenvalue weighted by atomic mass is 19.1. The predicted molar refractivity (Wildman–Crippen MR) is 48.2 cm³/mol. The van der Waals surface area contributed by atoms with E-state index in [2.05, 4.69) is 11.8 Å². The molecule has 1 heteroatoms. The molecule has 0 bridgehead atoms. The predicted octanol–water partition coefficient (Wildman–Crippen LogP) is 2.78. The third-order valence-corrected chi connectivity index (χ3v) is 1.65. The molecule has 12 heavy (non-hydrogen) atoms. The highest BCUT2D eigenvalue weighted by molar-refractivity contribution is 5.18. The Bertz CT molecular complexity index is 304. The topological polar surface area (TPSA) is 0 Å². The molecule has 0 radical (unpaired) electrons. The molecule has 1 aromatic carbocycles. The minimum atomic E-state index is -0.129. The van der Waals surface area contributed by atoms with Crippen LogP contribution in [-0.4, -0.2) is 0 Å². The van der Waals surface area contributed by atoms with Crippen LogP contribution in [0.4, 0.5) is 4.39 Å². The van der Waals surface area contributed by atoms with Crippen LogP contribution < -0.4 is 0 Å². The Morgan fingerprint density at radius 2 is 2.08 bits per heavy atom. The molecular weight excluding hydrogens is 151 g/mol. The smallest absolute Gasteiger partial charge is 0.126 e. The summed E-state index contributed by atoms with van der Waals surface area (Å²) in [7, 11) is 0. The summed E-state index contributed by atoms with van der Waals surface area (Å²) in [6, 6.07) is 6.82. The Morgan fingerprint density at radius 1 is 1.33 bits per heavy atom. The van der Waals surface area contributed by atoms with Gasteiger partial charge in [0, 0.05) is 6.42 Å². The summed E-state index contributed by atoms with van der Waals surface area (Å²) in [5, 5.41) is 0. The van der Waals surface area contributed by atoms with Crippen molar-refractivity contribution in [2.75, 3.05) is 0 Å². The molecule has 0 aliphatic heterocycles. The fourth-order valence-corrected chi connectivity index (χ4v) is 1.02. The minimum Gasteiger partial charge on any atom is -0.207 e. The lowest BCUT2D eigenvalue weighted by atomic mass is 10.1. The van der Waals surface area contributed by atoms with Gasteiger partial charge in [-0.1, -0.05) is 18.2 Å². The van der Waals surface area contributed by atoms with Crippen LogP contribution in [0.3, 0.4) is 0 Å². The first-order valence-corrected chi connectivity index (χ1v) is 3.97. The maximum Gasteiger partial charge on any atom is 0.126 e. The summed E-state index contributed by atoms with van der Waals surface area (Å²) in [4.78, 5) is 0. The summed E-state index contributed by atoms with van der Waals surface area (Å²) in [6.45, 7) is 1.79. The van der Waals surface area contributed by atoms with Crippen LogP contribution in [0.5, 0.6) is 0 Å². The Morgan fingerprint density at radius 3 is 2.75 bits per heavy atom. The van der Waals surface area contributed by atoms with Gasteiger partial charge in [0.05, 0.1) is 0 Å². The molecule has 0 aromatic heterocycles. The highest BCUT2D eigenvalue weighted by Crippen LogP contribution is 2.07. The third-order valence-electron chi connectivity index (χ3n) is 1.65. The Kier molecular flexibility index (Phi) is 3.35. The molecule has 0 fully saturated rings. The second-order valence-corrected chi connectivity index (χ2v) is 2.52. The van der Waals surface area contributed by atoms with Gasteiger partial charge in [-0.2, -0.15) is 0 Å². The quantitative estimate of drug-likeness (QED) is 0.586. The second-order valence-electron chi connectivity index (χ2n) is 2.52. The first-order chi connectivity index (χ1) is 5.84. The van der Waals surface area contributed by atoms with Gasteiger partial charge < -0.3 is 0 Å². The lowest BCUT2D eigenvalue weighted by Crippen LogP contribution is -1.88. The number of hydrogen-bond acceptors (Lipinski definition) is 0. The van der Waals surface area contributed by atoms with Crippen molar-refractivity contribution >= 4 is 0 Å². The molecule has 62 valence electrons. The average Bonchev–Trinajstić information content (AvgIpc) is 2.09. The number of aryl methyl sites for hydroxylation is 1. The molecule has 1 rings (SSSR count). The van der Waals surface area contributed by atoms with Crippen molar-refractivity contribution < 1.29 is 4.39 Å². The van der Waals surface area contributed by atoms with Crippen LogP contribution in [0.25, 0.3) is 0 Å². The number of halogens is 1. The Balaban J connectivity index is 2.61. The summed E-state index contributed by atoms with van der Waals surface area (Å²) in [5.41, 5.74) is 0.750. The Labute approximate surface area is 72.4 Å². The van der Waals surface area contributed by atoms with Gasteiger partial charge in [0.2, 0.25) is 0 Å². The molecule has 0 unspecified atom stereocenters. The van der Waals surface area contributed by atoms with E-state index in [-0.39, 0.29) is 5.82 Å². The Hall–Kier alpha value is -1.29. The normalized spacial score (nSPS) is 8.83. The van der Waals surface area contributed by atoms with Crippen molar-refractivity contribution in [3.8, 4) is 11.8 Å². The van der Waals surface area contributed by atoms with Crippen LogP contribution in [0.2, 0.25) is 0 Å². The lowest BCUT2D eigenvalue weighted by Gasteiger charge is -1.97. The third kappa shape index (κ3) is 2.39. The van der Waals surface area contributed by atoms with E-state index in [1.807, 2.05) is 6.07 Å². The monoisotopic (exact) mass is 162 g/mol. The fraction of sp³-hybridized carbons (Fsp3) is 0.273. The van der Waals surface area contributed by atoms with E-state index in [9.17, 15) is 4.39 Å². The zero-order chi connectivity index (χ0) is 8.81. The van der Waals surface area contributed by atoms with E-state index in [0.717, 1.165) is 12.0 Å². The molecule has 0 spiro atoms. The SMILES string of the molecule is CC#CCCc1ccccc1F. The molecule has 0 saturated heterocycles. The number of hydrogen-bond donors (Lipinski definition) is 0. The summed E-state index contributed by atoms with van der Waals surface area (Å²) < 4.78 is 13.0. The maximum atomic E-state index is 13.0. The summed E-state index contributed by atoms with van der Waals surface area (Å²) in [5.74, 6) is 5.56. The maximum absolute atomic E-state index is 13.0. The zero-order valence-corrected chi connectivity index (χ0v) is 7.10. The van der Waals surface area contributed by atoms with E-state index in [1.54, 1.807) is 19.1 Å². The van der Waals surface area contributed by atoms with Gasteiger partial charge >= 0.3 is 0 Å². The van der Waals surface area contributed by atoms with E-state index in [4.69, 9.17) is 0 Å². The van der Waals surface area contributed by atoms with Gasteiger partial charge in [-0.05, 0) is 25.0 Å². The molecule has 1 aromatic rings. The van der Waals surface area contributed by atoms with Gasteiger partial charge in [0.15, 0.2) is 0 Å². The van der Waals surface area contributed by atoms with Crippen LogP contribution in [-0.2, 0) is 6.42 Å². The summed E-state index contributed by atoms with van der Waals surface area (Å²) >= 11 is 0. The molecule has 0 aliphatic carbocycles. The first-order valence-electron chi connectivity index (χ1n) is 3.97. The van der Waals surface area contributed by atoms with Crippen molar-refractivity contribution in [2.45, 2.75) is 19.8 Å². The van der Waals surface area contributed by atoms with Crippen LogP contribution in [0, 0.1) is 17.7 Å². The van der Waals surface area contributed by atoms with Crippen LogP contribution >= 0.6 is 0 Å². The number of benzene rings is 1. The zero-order valence-electron chi connectivity index (χ0n) is 7.10. The second kappa shape index (κ2) is 4.56. The van der Waals surface area contributed by atoms with Crippen molar-refractivity contribution in [1.29, 1.82) is 0 Å². The van der Waals surface area contributed by atoms with Crippen molar-refractivity contribution in [1.82, 2.24) is 0 Å². The van der Waals surface area contributed by atoms with Crippen molar-refractivity contribution in [3.05, 3.63) is 35.6 Å². The highest BCUT2D eigenvalue weighted by Gasteiger charge is 1.97. The average molecular weight is 162 g/mol. The molecule has 0 heterocycles. The first kappa shape index (κ1) is 8.80. The van der Waals surface area contributed by atoms with Crippen LogP contribution in [0.15, 0.2) is 24.3 Å². The van der Waals surface area contributed by atoms with Gasteiger partial charge in [0.1, 0.15) is 5.82 Å². The van der Waals surface area contributed by atoms with E-state index >= 15 is 0 Å². The van der Waals surface area contributed by atoms with E-state index in [0.29, 0.717) is 6.42 Å². The van der Waals surface area contributed by atoms with E-state index < -0.39 is 0 Å². The fourth-order valence-electron chi connectivity index (χ4n) is 1.02. The van der Waals surface area contributed by atoms with Gasteiger partial charge in [0.25, 0.3) is 0 Å². The molecule has 0 N–H and O–H groups in total. The molecule has 0 nitrogen and oxygen atoms in total. The van der Waals surface area contributed by atoms with Gasteiger partial charge in [-0.25, -0.2) is 4.39 Å². The van der Waals surface area contributed by atoms with E-state index in [1.165, 1.54) is 6.07 Å².